The SMILES string of the molecule is O=C(Nc1cccc2[nH]ncc12)n1ccnc1. The van der Waals surface area contributed by atoms with Crippen LogP contribution in [0.1, 0.15) is 0 Å². The second kappa shape index (κ2) is 3.75. The van der Waals surface area contributed by atoms with Crippen LogP contribution in [0.2, 0.25) is 0 Å². The molecule has 1 aromatic carbocycles. The molecule has 0 bridgehead atoms. The fourth-order valence-corrected chi connectivity index (χ4v) is 1.64. The number of rotatable bonds is 1. The first-order valence-electron chi connectivity index (χ1n) is 5.06. The summed E-state index contributed by atoms with van der Waals surface area (Å²) >= 11 is 0. The van der Waals surface area contributed by atoms with Gasteiger partial charge in [-0.3, -0.25) is 9.67 Å². The Kier molecular flexibility index (Phi) is 2.11. The number of amides is 1. The van der Waals surface area contributed by atoms with Gasteiger partial charge in [0.15, 0.2) is 0 Å². The van der Waals surface area contributed by atoms with Crippen LogP contribution >= 0.6 is 0 Å². The number of carbonyl (C=O) groups excluding carboxylic acids is 1. The summed E-state index contributed by atoms with van der Waals surface area (Å²) in [7, 11) is 0. The Labute approximate surface area is 96.3 Å². The molecular formula is C11H9N5O. The van der Waals surface area contributed by atoms with Gasteiger partial charge in [0.25, 0.3) is 0 Å². The van der Waals surface area contributed by atoms with Crippen LogP contribution in [0.25, 0.3) is 10.9 Å². The third-order valence-corrected chi connectivity index (χ3v) is 2.47. The van der Waals surface area contributed by atoms with Crippen LogP contribution < -0.4 is 5.32 Å². The Morgan fingerprint density at radius 3 is 3.18 bits per heavy atom. The van der Waals surface area contributed by atoms with Crippen LogP contribution in [-0.2, 0) is 0 Å². The van der Waals surface area contributed by atoms with Gasteiger partial charge in [-0.15, -0.1) is 0 Å². The van der Waals surface area contributed by atoms with E-state index in [4.69, 9.17) is 0 Å². The van der Waals surface area contributed by atoms with E-state index in [1.807, 2.05) is 18.2 Å². The van der Waals surface area contributed by atoms with E-state index in [2.05, 4.69) is 20.5 Å². The number of H-pyrrole nitrogens is 1. The molecule has 2 aromatic heterocycles. The highest BCUT2D eigenvalue weighted by Crippen LogP contribution is 2.20. The van der Waals surface area contributed by atoms with Crippen LogP contribution in [0.5, 0.6) is 0 Å². The zero-order chi connectivity index (χ0) is 11.7. The Morgan fingerprint density at radius 2 is 2.35 bits per heavy atom. The van der Waals surface area contributed by atoms with Crippen molar-refractivity contribution in [2.45, 2.75) is 0 Å². The molecule has 0 spiro atoms. The van der Waals surface area contributed by atoms with Crippen LogP contribution in [0, 0.1) is 0 Å². The number of fused-ring (bicyclic) bond motifs is 1. The third-order valence-electron chi connectivity index (χ3n) is 2.47. The number of nitrogens with zero attached hydrogens (tertiary/aromatic N) is 3. The lowest BCUT2D eigenvalue weighted by Crippen LogP contribution is -2.17. The van der Waals surface area contributed by atoms with Crippen molar-refractivity contribution in [2.75, 3.05) is 5.32 Å². The van der Waals surface area contributed by atoms with E-state index < -0.39 is 0 Å². The fraction of sp³-hybridized carbons (Fsp3) is 0. The maximum absolute atomic E-state index is 11.8. The largest absolute Gasteiger partial charge is 0.331 e. The molecule has 0 saturated heterocycles. The van der Waals surface area contributed by atoms with Crippen LogP contribution in [-0.4, -0.2) is 25.8 Å². The summed E-state index contributed by atoms with van der Waals surface area (Å²) in [5, 5.41) is 10.5. The Morgan fingerprint density at radius 1 is 1.41 bits per heavy atom. The average Bonchev–Trinajstić information content (AvgIpc) is 3.00. The summed E-state index contributed by atoms with van der Waals surface area (Å²) in [5.74, 6) is 0. The molecule has 84 valence electrons. The van der Waals surface area contributed by atoms with Crippen molar-refractivity contribution in [3.8, 4) is 0 Å². The summed E-state index contributed by atoms with van der Waals surface area (Å²) in [6.45, 7) is 0. The predicted molar refractivity (Wildman–Crippen MR) is 62.7 cm³/mol. The minimum Gasteiger partial charge on any atom is -0.306 e. The average molecular weight is 227 g/mol. The molecule has 0 saturated carbocycles. The van der Waals surface area contributed by atoms with Crippen molar-refractivity contribution in [3.05, 3.63) is 43.1 Å². The number of nitrogens with one attached hydrogen (secondary N) is 2. The van der Waals surface area contributed by atoms with Crippen molar-refractivity contribution in [3.63, 3.8) is 0 Å². The molecule has 0 atom stereocenters. The number of imidazole rings is 1. The van der Waals surface area contributed by atoms with Gasteiger partial charge in [-0.2, -0.15) is 5.10 Å². The maximum Gasteiger partial charge on any atom is 0.331 e. The van der Waals surface area contributed by atoms with Gasteiger partial charge in [-0.1, -0.05) is 6.07 Å². The van der Waals surface area contributed by atoms with Gasteiger partial charge in [-0.05, 0) is 12.1 Å². The topological polar surface area (TPSA) is 75.6 Å². The monoisotopic (exact) mass is 227 g/mol. The van der Waals surface area contributed by atoms with Crippen molar-refractivity contribution in [1.82, 2.24) is 19.7 Å². The molecule has 1 amide bonds. The van der Waals surface area contributed by atoms with Crippen molar-refractivity contribution < 1.29 is 4.79 Å². The van der Waals surface area contributed by atoms with E-state index in [-0.39, 0.29) is 6.03 Å². The first kappa shape index (κ1) is 9.59. The van der Waals surface area contributed by atoms with Gasteiger partial charge in [0.1, 0.15) is 6.33 Å². The van der Waals surface area contributed by atoms with Gasteiger partial charge < -0.3 is 5.32 Å². The van der Waals surface area contributed by atoms with Gasteiger partial charge in [0.2, 0.25) is 0 Å². The molecule has 6 nitrogen and oxygen atoms in total. The predicted octanol–water partition coefficient (Wildman–Crippen LogP) is 1.84. The normalized spacial score (nSPS) is 10.6. The first-order chi connectivity index (χ1) is 8.34. The molecule has 3 aromatic rings. The molecule has 0 radical (unpaired) electrons. The van der Waals surface area contributed by atoms with Gasteiger partial charge >= 0.3 is 6.03 Å². The Hall–Kier alpha value is -2.63. The molecular weight excluding hydrogens is 218 g/mol. The lowest BCUT2D eigenvalue weighted by molar-refractivity contribution is 0.253. The number of aromatic nitrogens is 4. The standard InChI is InChI=1S/C11H9N5O/c17-11(16-5-4-12-7-16)14-9-2-1-3-10-8(9)6-13-15-10/h1-7H,(H,13,15)(H,14,17). The summed E-state index contributed by atoms with van der Waals surface area (Å²) in [4.78, 5) is 15.6. The van der Waals surface area contributed by atoms with E-state index in [1.54, 1.807) is 18.6 Å². The molecule has 0 aliphatic rings. The highest BCUT2D eigenvalue weighted by Gasteiger charge is 2.07. The van der Waals surface area contributed by atoms with Crippen LogP contribution in [0.3, 0.4) is 0 Å². The van der Waals surface area contributed by atoms with E-state index in [0.717, 1.165) is 16.6 Å². The number of anilines is 1. The molecule has 2 N–H and O–H groups in total. The molecule has 17 heavy (non-hydrogen) atoms. The lowest BCUT2D eigenvalue weighted by atomic mass is 10.2. The fourth-order valence-electron chi connectivity index (χ4n) is 1.64. The summed E-state index contributed by atoms with van der Waals surface area (Å²) < 4.78 is 1.37. The van der Waals surface area contributed by atoms with Crippen LogP contribution in [0.15, 0.2) is 43.1 Å². The minimum atomic E-state index is -0.254. The number of carbonyl (C=O) groups is 1. The Balaban J connectivity index is 1.95. The van der Waals surface area contributed by atoms with E-state index in [9.17, 15) is 4.79 Å². The summed E-state index contributed by atoms with van der Waals surface area (Å²) in [6, 6.07) is 5.32. The number of hydrogen-bond acceptors (Lipinski definition) is 3. The zero-order valence-corrected chi connectivity index (χ0v) is 8.79. The summed E-state index contributed by atoms with van der Waals surface area (Å²) in [5.41, 5.74) is 1.60. The minimum absolute atomic E-state index is 0.254. The van der Waals surface area contributed by atoms with Crippen molar-refractivity contribution in [2.24, 2.45) is 0 Å². The van der Waals surface area contributed by atoms with Gasteiger partial charge in [0, 0.05) is 17.8 Å². The Bertz CT molecular complexity index is 655. The smallest absolute Gasteiger partial charge is 0.306 e. The molecule has 0 aliphatic carbocycles. The van der Waals surface area contributed by atoms with E-state index in [0.29, 0.717) is 0 Å². The second-order valence-corrected chi connectivity index (χ2v) is 3.54. The second-order valence-electron chi connectivity index (χ2n) is 3.54. The highest BCUT2D eigenvalue weighted by atomic mass is 16.2. The zero-order valence-electron chi connectivity index (χ0n) is 8.79. The van der Waals surface area contributed by atoms with Crippen molar-refractivity contribution in [1.29, 1.82) is 0 Å². The number of aromatic amines is 1. The third kappa shape index (κ3) is 1.65. The molecule has 3 rings (SSSR count). The highest BCUT2D eigenvalue weighted by molar-refractivity contribution is 6.00. The molecule has 0 unspecified atom stereocenters. The first-order valence-corrected chi connectivity index (χ1v) is 5.06. The molecule has 0 aliphatic heterocycles. The molecule has 6 heteroatoms. The van der Waals surface area contributed by atoms with Crippen LogP contribution in [0.4, 0.5) is 10.5 Å². The summed E-state index contributed by atoms with van der Waals surface area (Å²) in [6.07, 6.45) is 6.27. The van der Waals surface area contributed by atoms with Gasteiger partial charge in [0.05, 0.1) is 17.4 Å². The van der Waals surface area contributed by atoms with E-state index in [1.165, 1.54) is 10.9 Å². The quantitative estimate of drug-likeness (QED) is 0.666. The lowest BCUT2D eigenvalue weighted by Gasteiger charge is -2.05. The number of benzene rings is 1. The van der Waals surface area contributed by atoms with Gasteiger partial charge in [-0.25, -0.2) is 9.78 Å². The molecule has 0 fully saturated rings. The number of hydrogen-bond donors (Lipinski definition) is 2. The van der Waals surface area contributed by atoms with Crippen molar-refractivity contribution >= 4 is 22.6 Å². The molecule has 2 heterocycles. The van der Waals surface area contributed by atoms with E-state index >= 15 is 0 Å². The maximum atomic E-state index is 11.8.